The lowest BCUT2D eigenvalue weighted by molar-refractivity contribution is -0.440. The number of rotatable bonds is 14. The third-order valence-electron chi connectivity index (χ3n) is 4.26. The average molecular weight is 526 g/mol. The first kappa shape index (κ1) is 31.1. The van der Waals surface area contributed by atoms with Gasteiger partial charge in [0.05, 0.1) is 6.61 Å². The van der Waals surface area contributed by atoms with Gasteiger partial charge in [-0.2, -0.15) is 57.1 Å². The second-order valence-electron chi connectivity index (χ2n) is 6.26. The predicted octanol–water partition coefficient (Wildman–Crippen LogP) is 5.40. The summed E-state index contributed by atoms with van der Waals surface area (Å²) >= 11 is 0. The van der Waals surface area contributed by atoms with Crippen LogP contribution in [0.15, 0.2) is 0 Å². The first-order valence-corrected chi connectivity index (χ1v) is 10.3. The van der Waals surface area contributed by atoms with Crippen molar-refractivity contribution < 1.29 is 75.1 Å². The molecule has 0 saturated carbocycles. The molecule has 0 amide bonds. The third-order valence-corrected chi connectivity index (χ3v) is 7.10. The van der Waals surface area contributed by atoms with Gasteiger partial charge in [0.25, 0.3) is 0 Å². The summed E-state index contributed by atoms with van der Waals surface area (Å²) in [5, 5.41) is 0. The Morgan fingerprint density at radius 1 is 0.562 bits per heavy atom. The molecule has 0 fully saturated rings. The molecule has 0 radical (unpaired) electrons. The molecule has 0 N–H and O–H groups in total. The molecular weight excluding hydrogens is 507 g/mol. The fraction of sp³-hybridized carbons (Fsp3) is 1.00. The number of hydrogen-bond acceptors (Lipinski definition) is 4. The number of ether oxygens (including phenoxy) is 1. The van der Waals surface area contributed by atoms with Crippen LogP contribution in [0.3, 0.4) is 0 Å². The molecule has 0 rings (SSSR count). The highest BCUT2D eigenvalue weighted by atomic mass is 28.4. The van der Waals surface area contributed by atoms with Gasteiger partial charge in [-0.1, -0.05) is 0 Å². The van der Waals surface area contributed by atoms with Crippen LogP contribution in [0.1, 0.15) is 12.8 Å². The fourth-order valence-corrected chi connectivity index (χ4v) is 3.90. The minimum absolute atomic E-state index is 0.0276. The van der Waals surface area contributed by atoms with Crippen molar-refractivity contribution in [2.45, 2.75) is 54.7 Å². The fourth-order valence-electron chi connectivity index (χ4n) is 2.21. The second-order valence-corrected chi connectivity index (χ2v) is 9.35. The van der Waals surface area contributed by atoms with E-state index in [9.17, 15) is 57.1 Å². The zero-order valence-electron chi connectivity index (χ0n) is 16.6. The second kappa shape index (κ2) is 10.2. The van der Waals surface area contributed by atoms with Gasteiger partial charge in [0, 0.05) is 40.4 Å². The smallest absolute Gasteiger partial charge is 0.381 e. The van der Waals surface area contributed by atoms with Gasteiger partial charge in [0.2, 0.25) is 0 Å². The lowest BCUT2D eigenvalue weighted by Crippen LogP contribution is -2.70. The first-order chi connectivity index (χ1) is 14.1. The summed E-state index contributed by atoms with van der Waals surface area (Å²) in [5.41, 5.74) is 0. The Morgan fingerprint density at radius 2 is 0.969 bits per heavy atom. The maximum atomic E-state index is 13.6. The van der Waals surface area contributed by atoms with E-state index < -0.39 is 64.2 Å². The molecule has 0 saturated heterocycles. The zero-order valence-corrected chi connectivity index (χ0v) is 17.6. The van der Waals surface area contributed by atoms with Crippen LogP contribution in [0, 0.1) is 0 Å². The van der Waals surface area contributed by atoms with Gasteiger partial charge in [-0.15, -0.1) is 0 Å². The van der Waals surface area contributed by atoms with Crippen molar-refractivity contribution in [3.8, 4) is 0 Å². The highest BCUT2D eigenvalue weighted by Gasteiger charge is 2.90. The van der Waals surface area contributed by atoms with Gasteiger partial charge in [-0.25, -0.2) is 0 Å². The molecule has 194 valence electrons. The van der Waals surface area contributed by atoms with Crippen molar-refractivity contribution in [3.05, 3.63) is 0 Å². The van der Waals surface area contributed by atoms with Crippen molar-refractivity contribution in [1.29, 1.82) is 0 Å². The summed E-state index contributed by atoms with van der Waals surface area (Å²) in [6, 6.07) is 0.0276. The zero-order chi connectivity index (χ0) is 25.9. The summed E-state index contributed by atoms with van der Waals surface area (Å²) < 4.78 is 188. The highest BCUT2D eigenvalue weighted by Crippen LogP contribution is 2.60. The molecule has 0 atom stereocenters. The average Bonchev–Trinajstić information content (AvgIpc) is 2.66. The quantitative estimate of drug-likeness (QED) is 0.173. The number of hydrogen-bond donors (Lipinski definition) is 0. The van der Waals surface area contributed by atoms with Crippen LogP contribution in [0.5, 0.6) is 0 Å². The Morgan fingerprint density at radius 3 is 1.34 bits per heavy atom. The normalized spacial score (nSPS) is 15.4. The minimum Gasteiger partial charge on any atom is -0.381 e. The Balaban J connectivity index is 5.25. The summed E-state index contributed by atoms with van der Waals surface area (Å²) in [7, 11) is 0.553. The van der Waals surface area contributed by atoms with Crippen molar-refractivity contribution in [3.63, 3.8) is 0 Å². The van der Waals surface area contributed by atoms with E-state index in [-0.39, 0.29) is 12.5 Å². The number of alkyl halides is 13. The molecule has 0 heterocycles. The van der Waals surface area contributed by atoms with Gasteiger partial charge >= 0.3 is 44.6 Å². The molecule has 0 bridgehead atoms. The van der Waals surface area contributed by atoms with E-state index in [4.69, 9.17) is 13.3 Å². The van der Waals surface area contributed by atoms with Crippen molar-refractivity contribution >= 4 is 8.80 Å². The Hall–Kier alpha value is -0.853. The molecule has 0 aliphatic rings. The van der Waals surface area contributed by atoms with Crippen LogP contribution in [-0.2, 0) is 18.0 Å². The topological polar surface area (TPSA) is 36.9 Å². The molecule has 0 aromatic rings. The molecule has 0 spiro atoms. The standard InChI is InChI=1S/C14H19F13O4Si/c1-28-32(29-2,30-3)8-4-6-31-7-5-9(15,16)10(17,18)11(19,20)12(21,22)13(23,24)14(25,26)27/h4-8H2,1-3H3. The third kappa shape index (κ3) is 5.61. The van der Waals surface area contributed by atoms with E-state index in [0.29, 0.717) is 0 Å². The minimum atomic E-state index is -7.90. The van der Waals surface area contributed by atoms with Crippen LogP contribution < -0.4 is 0 Å². The van der Waals surface area contributed by atoms with E-state index in [1.54, 1.807) is 0 Å². The molecule has 0 aliphatic heterocycles. The highest BCUT2D eigenvalue weighted by molar-refractivity contribution is 6.60. The van der Waals surface area contributed by atoms with Gasteiger partial charge in [0.1, 0.15) is 0 Å². The van der Waals surface area contributed by atoms with Gasteiger partial charge in [-0.05, 0) is 6.42 Å². The van der Waals surface area contributed by atoms with Gasteiger partial charge in [0.15, 0.2) is 0 Å². The van der Waals surface area contributed by atoms with E-state index in [2.05, 4.69) is 4.74 Å². The maximum Gasteiger partial charge on any atom is 0.500 e. The summed E-state index contributed by atoms with van der Waals surface area (Å²) in [5.74, 6) is -36.9. The lowest BCUT2D eigenvalue weighted by Gasteiger charge is -2.39. The molecule has 0 unspecified atom stereocenters. The molecule has 32 heavy (non-hydrogen) atoms. The SMILES string of the molecule is CO[Si](CCCOCCC(F)(F)C(F)(F)C(F)(F)C(F)(F)C(F)(F)C(F)(F)F)(OC)OC. The summed E-state index contributed by atoms with van der Waals surface area (Å²) in [6.45, 7) is -1.94. The van der Waals surface area contributed by atoms with Crippen molar-refractivity contribution in [2.75, 3.05) is 34.5 Å². The lowest BCUT2D eigenvalue weighted by atomic mass is 9.93. The summed E-state index contributed by atoms with van der Waals surface area (Å²) in [4.78, 5) is 0. The van der Waals surface area contributed by atoms with Gasteiger partial charge in [-0.3, -0.25) is 0 Å². The number of halogens is 13. The van der Waals surface area contributed by atoms with E-state index in [0.717, 1.165) is 0 Å². The molecule has 0 aromatic carbocycles. The first-order valence-electron chi connectivity index (χ1n) is 8.33. The Bertz CT molecular complexity index is 585. The van der Waals surface area contributed by atoms with Gasteiger partial charge < -0.3 is 18.0 Å². The van der Waals surface area contributed by atoms with E-state index >= 15 is 0 Å². The van der Waals surface area contributed by atoms with Crippen molar-refractivity contribution in [1.82, 2.24) is 0 Å². The Labute approximate surface area is 174 Å². The van der Waals surface area contributed by atoms with Crippen LogP contribution >= 0.6 is 0 Å². The van der Waals surface area contributed by atoms with Crippen LogP contribution in [0.4, 0.5) is 57.1 Å². The van der Waals surface area contributed by atoms with Crippen molar-refractivity contribution in [2.24, 2.45) is 0 Å². The monoisotopic (exact) mass is 526 g/mol. The molecule has 18 heteroatoms. The van der Waals surface area contributed by atoms with Crippen LogP contribution in [0.25, 0.3) is 0 Å². The van der Waals surface area contributed by atoms with E-state index in [1.165, 1.54) is 21.3 Å². The largest absolute Gasteiger partial charge is 0.500 e. The maximum absolute atomic E-state index is 13.6. The molecular formula is C14H19F13O4Si. The predicted molar refractivity (Wildman–Crippen MR) is 82.4 cm³/mol. The Kier molecular flexibility index (Phi) is 9.91. The van der Waals surface area contributed by atoms with Crippen LogP contribution in [0.2, 0.25) is 6.04 Å². The molecule has 0 aromatic heterocycles. The van der Waals surface area contributed by atoms with E-state index in [1.807, 2.05) is 0 Å². The summed E-state index contributed by atoms with van der Waals surface area (Å²) in [6.07, 6.45) is -9.88. The van der Waals surface area contributed by atoms with Crippen LogP contribution in [-0.4, -0.2) is 79.1 Å². The molecule has 0 aliphatic carbocycles. The molecule has 4 nitrogen and oxygen atoms in total.